The third-order valence-corrected chi connectivity index (χ3v) is 3.90. The van der Waals surface area contributed by atoms with Crippen LogP contribution in [0.1, 0.15) is 36.5 Å². The number of aromatic amines is 1. The summed E-state index contributed by atoms with van der Waals surface area (Å²) in [4.78, 5) is 20.4. The predicted octanol–water partition coefficient (Wildman–Crippen LogP) is 1.09. The maximum absolute atomic E-state index is 12.2. The molecule has 9 heteroatoms. The lowest BCUT2D eigenvalue weighted by molar-refractivity contribution is -0.121. The summed E-state index contributed by atoms with van der Waals surface area (Å²) in [6, 6.07) is 5.49. The monoisotopic (exact) mass is 340 g/mol. The van der Waals surface area contributed by atoms with Gasteiger partial charge < -0.3 is 11.1 Å². The summed E-state index contributed by atoms with van der Waals surface area (Å²) in [6.07, 6.45) is 4.23. The molecule has 1 amide bonds. The van der Waals surface area contributed by atoms with E-state index in [1.54, 1.807) is 17.1 Å². The van der Waals surface area contributed by atoms with Gasteiger partial charge in [-0.15, -0.1) is 5.10 Å². The van der Waals surface area contributed by atoms with Crippen molar-refractivity contribution in [2.75, 3.05) is 5.73 Å². The van der Waals surface area contributed by atoms with Crippen LogP contribution in [0.15, 0.2) is 30.6 Å². The van der Waals surface area contributed by atoms with Crippen molar-refractivity contribution in [1.29, 1.82) is 0 Å². The van der Waals surface area contributed by atoms with Crippen LogP contribution in [-0.4, -0.2) is 35.9 Å². The SMILES string of the molecule is Cc1c([C@H](C)NC(=O)CCc2nc(N)n[nH]2)cnn1-c1ccccn1. The summed E-state index contributed by atoms with van der Waals surface area (Å²) in [5, 5.41) is 13.8. The molecule has 0 spiro atoms. The molecule has 0 saturated heterocycles. The first-order chi connectivity index (χ1) is 12.0. The van der Waals surface area contributed by atoms with Crippen LogP contribution >= 0.6 is 0 Å². The molecular formula is C16H20N8O. The molecule has 0 aliphatic heterocycles. The van der Waals surface area contributed by atoms with E-state index in [0.717, 1.165) is 17.1 Å². The molecule has 0 unspecified atom stereocenters. The van der Waals surface area contributed by atoms with E-state index < -0.39 is 0 Å². The van der Waals surface area contributed by atoms with Gasteiger partial charge in [-0.05, 0) is 26.0 Å². The molecule has 0 aromatic carbocycles. The molecule has 0 fully saturated rings. The van der Waals surface area contributed by atoms with E-state index in [2.05, 4.69) is 30.6 Å². The zero-order valence-electron chi connectivity index (χ0n) is 14.1. The zero-order valence-corrected chi connectivity index (χ0v) is 14.1. The van der Waals surface area contributed by atoms with Crippen LogP contribution in [0.4, 0.5) is 5.95 Å². The second kappa shape index (κ2) is 7.12. The Morgan fingerprint density at radius 3 is 2.96 bits per heavy atom. The predicted molar refractivity (Wildman–Crippen MR) is 91.8 cm³/mol. The average Bonchev–Trinajstić information content (AvgIpc) is 3.19. The van der Waals surface area contributed by atoms with Crippen molar-refractivity contribution < 1.29 is 4.79 Å². The average molecular weight is 340 g/mol. The van der Waals surface area contributed by atoms with E-state index in [4.69, 9.17) is 5.73 Å². The van der Waals surface area contributed by atoms with Gasteiger partial charge in [-0.1, -0.05) is 6.07 Å². The van der Waals surface area contributed by atoms with Crippen molar-refractivity contribution in [2.45, 2.75) is 32.7 Å². The highest BCUT2D eigenvalue weighted by atomic mass is 16.1. The number of nitrogens with one attached hydrogen (secondary N) is 2. The molecule has 3 aromatic rings. The number of pyridine rings is 1. The Hall–Kier alpha value is -3.23. The third kappa shape index (κ3) is 3.82. The lowest BCUT2D eigenvalue weighted by Crippen LogP contribution is -2.27. The number of nitrogens with zero attached hydrogens (tertiary/aromatic N) is 5. The highest BCUT2D eigenvalue weighted by molar-refractivity contribution is 5.76. The minimum Gasteiger partial charge on any atom is -0.367 e. The van der Waals surface area contributed by atoms with E-state index >= 15 is 0 Å². The fraction of sp³-hybridized carbons (Fsp3) is 0.312. The molecule has 0 aliphatic rings. The van der Waals surface area contributed by atoms with Crippen molar-refractivity contribution in [2.24, 2.45) is 0 Å². The lowest BCUT2D eigenvalue weighted by Gasteiger charge is -2.14. The van der Waals surface area contributed by atoms with E-state index in [9.17, 15) is 4.79 Å². The minimum atomic E-state index is -0.162. The molecule has 1 atom stereocenters. The first kappa shape index (κ1) is 16.6. The van der Waals surface area contributed by atoms with Gasteiger partial charge in [-0.2, -0.15) is 10.1 Å². The first-order valence-corrected chi connectivity index (χ1v) is 7.96. The summed E-state index contributed by atoms with van der Waals surface area (Å²) < 4.78 is 1.76. The van der Waals surface area contributed by atoms with Gasteiger partial charge >= 0.3 is 0 Å². The summed E-state index contributed by atoms with van der Waals surface area (Å²) in [5.74, 6) is 1.45. The normalized spacial score (nSPS) is 12.1. The largest absolute Gasteiger partial charge is 0.367 e. The van der Waals surface area contributed by atoms with Gasteiger partial charge in [0.2, 0.25) is 11.9 Å². The molecule has 0 saturated carbocycles. The molecule has 3 aromatic heterocycles. The van der Waals surface area contributed by atoms with Crippen molar-refractivity contribution in [3.63, 3.8) is 0 Å². The quantitative estimate of drug-likeness (QED) is 0.616. The van der Waals surface area contributed by atoms with E-state index in [-0.39, 0.29) is 17.9 Å². The molecule has 0 radical (unpaired) electrons. The van der Waals surface area contributed by atoms with Crippen molar-refractivity contribution in [3.05, 3.63) is 47.7 Å². The number of carbonyl (C=O) groups excluding carboxylic acids is 1. The molecule has 130 valence electrons. The third-order valence-electron chi connectivity index (χ3n) is 3.90. The minimum absolute atomic E-state index is 0.0764. The van der Waals surface area contributed by atoms with E-state index in [1.807, 2.05) is 32.0 Å². The summed E-state index contributed by atoms with van der Waals surface area (Å²) in [7, 11) is 0. The number of nitrogen functional groups attached to an aromatic ring is 1. The number of hydrogen-bond acceptors (Lipinski definition) is 6. The van der Waals surface area contributed by atoms with Gasteiger partial charge in [-0.3, -0.25) is 9.89 Å². The van der Waals surface area contributed by atoms with Crippen LogP contribution < -0.4 is 11.1 Å². The molecule has 0 aliphatic carbocycles. The fourth-order valence-electron chi connectivity index (χ4n) is 2.60. The molecule has 4 N–H and O–H groups in total. The molecule has 3 rings (SSSR count). The number of rotatable bonds is 6. The summed E-state index contributed by atoms with van der Waals surface area (Å²) in [5.41, 5.74) is 7.33. The van der Waals surface area contributed by atoms with Gasteiger partial charge in [0.05, 0.1) is 12.2 Å². The van der Waals surface area contributed by atoms with Crippen LogP contribution in [0.25, 0.3) is 5.82 Å². The maximum atomic E-state index is 12.2. The fourth-order valence-corrected chi connectivity index (χ4v) is 2.60. The number of nitrogens with two attached hydrogens (primary N) is 1. The maximum Gasteiger partial charge on any atom is 0.239 e. The van der Waals surface area contributed by atoms with Gasteiger partial charge in [-0.25, -0.2) is 9.67 Å². The second-order valence-electron chi connectivity index (χ2n) is 5.71. The van der Waals surface area contributed by atoms with Gasteiger partial charge in [0.25, 0.3) is 0 Å². The van der Waals surface area contributed by atoms with Gasteiger partial charge in [0.15, 0.2) is 5.82 Å². The number of aryl methyl sites for hydroxylation is 1. The Kier molecular flexibility index (Phi) is 4.73. The standard InChI is InChI=1S/C16H20N8O/c1-10(20-15(25)7-6-13-21-16(17)23-22-13)12-9-19-24(11(12)2)14-5-3-4-8-18-14/h3-5,8-10H,6-7H2,1-2H3,(H,20,25)(H3,17,21,22,23)/t10-/m0/s1. The number of anilines is 1. The Balaban J connectivity index is 1.62. The second-order valence-corrected chi connectivity index (χ2v) is 5.71. The molecule has 9 nitrogen and oxygen atoms in total. The Labute approximate surface area is 144 Å². The van der Waals surface area contributed by atoms with Crippen LogP contribution in [0.3, 0.4) is 0 Å². The van der Waals surface area contributed by atoms with Crippen molar-refractivity contribution in [3.8, 4) is 5.82 Å². The molecule has 0 bridgehead atoms. The van der Waals surface area contributed by atoms with Crippen molar-refractivity contribution >= 4 is 11.9 Å². The Bertz CT molecular complexity index is 854. The number of carbonyl (C=O) groups is 1. The highest BCUT2D eigenvalue weighted by Crippen LogP contribution is 2.19. The van der Waals surface area contributed by atoms with Crippen LogP contribution in [0.2, 0.25) is 0 Å². The zero-order chi connectivity index (χ0) is 17.8. The number of aromatic nitrogens is 6. The molecule has 25 heavy (non-hydrogen) atoms. The lowest BCUT2D eigenvalue weighted by atomic mass is 10.1. The number of H-pyrrole nitrogens is 1. The topological polar surface area (TPSA) is 127 Å². The van der Waals surface area contributed by atoms with E-state index in [0.29, 0.717) is 18.7 Å². The number of hydrogen-bond donors (Lipinski definition) is 3. The Morgan fingerprint density at radius 1 is 1.44 bits per heavy atom. The summed E-state index contributed by atoms with van der Waals surface area (Å²) >= 11 is 0. The van der Waals surface area contributed by atoms with Crippen LogP contribution in [0, 0.1) is 6.92 Å². The van der Waals surface area contributed by atoms with Gasteiger partial charge in [0, 0.05) is 30.3 Å². The highest BCUT2D eigenvalue weighted by Gasteiger charge is 2.17. The van der Waals surface area contributed by atoms with Crippen LogP contribution in [0.5, 0.6) is 0 Å². The summed E-state index contributed by atoms with van der Waals surface area (Å²) in [6.45, 7) is 3.88. The van der Waals surface area contributed by atoms with Gasteiger partial charge in [0.1, 0.15) is 5.82 Å². The molecule has 3 heterocycles. The first-order valence-electron chi connectivity index (χ1n) is 7.96. The smallest absolute Gasteiger partial charge is 0.239 e. The molecular weight excluding hydrogens is 320 g/mol. The van der Waals surface area contributed by atoms with Crippen LogP contribution in [-0.2, 0) is 11.2 Å². The number of amides is 1. The van der Waals surface area contributed by atoms with E-state index in [1.165, 1.54) is 0 Å². The Morgan fingerprint density at radius 2 is 2.28 bits per heavy atom. The van der Waals surface area contributed by atoms with Crippen molar-refractivity contribution in [1.82, 2.24) is 35.3 Å².